The maximum atomic E-state index is 12.2. The molecule has 0 spiro atoms. The zero-order chi connectivity index (χ0) is 13.9. The molecule has 0 bridgehead atoms. The summed E-state index contributed by atoms with van der Waals surface area (Å²) >= 11 is 0. The lowest BCUT2D eigenvalue weighted by Crippen LogP contribution is -2.32. The summed E-state index contributed by atoms with van der Waals surface area (Å²) in [6.45, 7) is -0.254. The van der Waals surface area contributed by atoms with E-state index in [-0.39, 0.29) is 17.5 Å². The van der Waals surface area contributed by atoms with E-state index in [1.165, 1.54) is 19.2 Å². The van der Waals surface area contributed by atoms with Gasteiger partial charge in [-0.2, -0.15) is 0 Å². The average Bonchev–Trinajstić information content (AvgIpc) is 2.89. The number of sulfonamides is 1. The van der Waals surface area contributed by atoms with Crippen LogP contribution in [0.5, 0.6) is 5.75 Å². The number of ether oxygens (including phenoxy) is 1. The summed E-state index contributed by atoms with van der Waals surface area (Å²) in [6.07, 6.45) is 3.92. The van der Waals surface area contributed by atoms with E-state index < -0.39 is 10.0 Å². The first kappa shape index (κ1) is 14.3. The number of nitrogens with one attached hydrogen (secondary N) is 1. The van der Waals surface area contributed by atoms with Crippen LogP contribution in [0.2, 0.25) is 0 Å². The molecule has 0 radical (unpaired) electrons. The zero-order valence-corrected chi connectivity index (χ0v) is 11.7. The fraction of sp³-hybridized carbons (Fsp3) is 0.538. The molecule has 0 aliphatic heterocycles. The average molecular weight is 285 g/mol. The molecule has 0 heterocycles. The third-order valence-electron chi connectivity index (χ3n) is 3.41. The topological polar surface area (TPSA) is 75.6 Å². The molecule has 2 rings (SSSR count). The number of aliphatic hydroxyl groups excluding tert-OH is 1. The second kappa shape index (κ2) is 5.90. The predicted molar refractivity (Wildman–Crippen MR) is 71.5 cm³/mol. The molecule has 5 nitrogen and oxygen atoms in total. The smallest absolute Gasteiger partial charge is 0.240 e. The van der Waals surface area contributed by atoms with Crippen LogP contribution < -0.4 is 9.46 Å². The normalized spacial score (nSPS) is 16.7. The van der Waals surface area contributed by atoms with Crippen molar-refractivity contribution in [1.29, 1.82) is 0 Å². The van der Waals surface area contributed by atoms with Gasteiger partial charge in [0.1, 0.15) is 5.75 Å². The number of rotatable bonds is 5. The van der Waals surface area contributed by atoms with Crippen molar-refractivity contribution < 1.29 is 18.3 Å². The molecule has 106 valence electrons. The van der Waals surface area contributed by atoms with Gasteiger partial charge in [0.05, 0.1) is 18.6 Å². The highest BCUT2D eigenvalue weighted by Crippen LogP contribution is 2.24. The van der Waals surface area contributed by atoms with E-state index in [0.717, 1.165) is 25.7 Å². The van der Waals surface area contributed by atoms with Crippen molar-refractivity contribution in [3.05, 3.63) is 23.8 Å². The van der Waals surface area contributed by atoms with E-state index in [4.69, 9.17) is 4.74 Å². The van der Waals surface area contributed by atoms with Gasteiger partial charge in [0.25, 0.3) is 0 Å². The van der Waals surface area contributed by atoms with Gasteiger partial charge in [-0.25, -0.2) is 13.1 Å². The summed E-state index contributed by atoms with van der Waals surface area (Å²) in [4.78, 5) is 0.171. The van der Waals surface area contributed by atoms with Gasteiger partial charge in [-0.1, -0.05) is 12.8 Å². The first-order valence-corrected chi connectivity index (χ1v) is 7.85. The van der Waals surface area contributed by atoms with Crippen molar-refractivity contribution in [3.8, 4) is 5.75 Å². The molecular formula is C13H19NO4S. The molecule has 2 N–H and O–H groups in total. The molecule has 1 aliphatic rings. The molecule has 0 amide bonds. The van der Waals surface area contributed by atoms with Crippen LogP contribution in [0.4, 0.5) is 0 Å². The van der Waals surface area contributed by atoms with Gasteiger partial charge in [0.15, 0.2) is 0 Å². The van der Waals surface area contributed by atoms with Crippen LogP contribution in [0.1, 0.15) is 31.2 Å². The molecule has 0 unspecified atom stereocenters. The van der Waals surface area contributed by atoms with Crippen LogP contribution in [-0.4, -0.2) is 26.7 Å². The molecule has 1 aromatic rings. The summed E-state index contributed by atoms with van der Waals surface area (Å²) in [5.74, 6) is 0.488. The van der Waals surface area contributed by atoms with Crippen LogP contribution in [-0.2, 0) is 16.6 Å². The highest BCUT2D eigenvalue weighted by molar-refractivity contribution is 7.89. The Labute approximate surface area is 113 Å². The van der Waals surface area contributed by atoms with Gasteiger partial charge >= 0.3 is 0 Å². The highest BCUT2D eigenvalue weighted by Gasteiger charge is 2.23. The highest BCUT2D eigenvalue weighted by atomic mass is 32.2. The van der Waals surface area contributed by atoms with E-state index >= 15 is 0 Å². The summed E-state index contributed by atoms with van der Waals surface area (Å²) in [6, 6.07) is 4.55. The van der Waals surface area contributed by atoms with Gasteiger partial charge in [-0.3, -0.25) is 0 Å². The third-order valence-corrected chi connectivity index (χ3v) is 4.93. The fourth-order valence-electron chi connectivity index (χ4n) is 2.38. The number of hydrogen-bond donors (Lipinski definition) is 2. The lowest BCUT2D eigenvalue weighted by molar-refractivity contribution is 0.273. The van der Waals surface area contributed by atoms with E-state index in [1.54, 1.807) is 6.07 Å². The second-order valence-electron chi connectivity index (χ2n) is 4.73. The van der Waals surface area contributed by atoms with Gasteiger partial charge in [0, 0.05) is 11.6 Å². The number of hydrogen-bond acceptors (Lipinski definition) is 4. The minimum absolute atomic E-state index is 0.0321. The summed E-state index contributed by atoms with van der Waals surface area (Å²) in [7, 11) is -2.03. The molecular weight excluding hydrogens is 266 g/mol. The standard InChI is InChI=1S/C13H19NO4S/c1-18-13-7-6-12(8-10(13)9-15)19(16,17)14-11-4-2-3-5-11/h6-8,11,14-15H,2-5,9H2,1H3. The van der Waals surface area contributed by atoms with E-state index in [9.17, 15) is 13.5 Å². The summed E-state index contributed by atoms with van der Waals surface area (Å²) in [5, 5.41) is 9.23. The van der Waals surface area contributed by atoms with Crippen LogP contribution in [0.3, 0.4) is 0 Å². The van der Waals surface area contributed by atoms with Gasteiger partial charge in [-0.05, 0) is 31.0 Å². The number of methoxy groups -OCH3 is 1. The first-order chi connectivity index (χ1) is 9.06. The molecule has 19 heavy (non-hydrogen) atoms. The van der Waals surface area contributed by atoms with Crippen molar-refractivity contribution >= 4 is 10.0 Å². The zero-order valence-electron chi connectivity index (χ0n) is 10.9. The largest absolute Gasteiger partial charge is 0.496 e. The fourth-order valence-corrected chi connectivity index (χ4v) is 3.73. The van der Waals surface area contributed by atoms with E-state index in [0.29, 0.717) is 11.3 Å². The Morgan fingerprint density at radius 2 is 2.05 bits per heavy atom. The monoisotopic (exact) mass is 285 g/mol. The first-order valence-electron chi connectivity index (χ1n) is 6.37. The quantitative estimate of drug-likeness (QED) is 0.857. The van der Waals surface area contributed by atoms with Gasteiger partial charge in [-0.15, -0.1) is 0 Å². The Bertz CT molecular complexity index is 536. The van der Waals surface area contributed by atoms with Crippen molar-refractivity contribution in [3.63, 3.8) is 0 Å². The Hall–Kier alpha value is -1.11. The van der Waals surface area contributed by atoms with E-state index in [1.807, 2.05) is 0 Å². The maximum Gasteiger partial charge on any atom is 0.240 e. The van der Waals surface area contributed by atoms with Crippen molar-refractivity contribution in [2.24, 2.45) is 0 Å². The minimum atomic E-state index is -3.52. The Balaban J connectivity index is 2.24. The molecule has 1 aliphatic carbocycles. The lowest BCUT2D eigenvalue weighted by atomic mass is 10.2. The maximum absolute atomic E-state index is 12.2. The second-order valence-corrected chi connectivity index (χ2v) is 6.45. The molecule has 6 heteroatoms. The predicted octanol–water partition coefficient (Wildman–Crippen LogP) is 1.41. The Kier molecular flexibility index (Phi) is 4.44. The van der Waals surface area contributed by atoms with Crippen molar-refractivity contribution in [1.82, 2.24) is 4.72 Å². The SMILES string of the molecule is COc1ccc(S(=O)(=O)NC2CCCC2)cc1CO. The molecule has 1 saturated carbocycles. The van der Waals surface area contributed by atoms with Crippen LogP contribution in [0, 0.1) is 0 Å². The van der Waals surface area contributed by atoms with Crippen LogP contribution >= 0.6 is 0 Å². The summed E-state index contributed by atoms with van der Waals surface area (Å²) in [5.41, 5.74) is 0.469. The number of aliphatic hydroxyl groups is 1. The summed E-state index contributed by atoms with van der Waals surface area (Å²) < 4.78 is 32.2. The van der Waals surface area contributed by atoms with Crippen LogP contribution in [0.15, 0.2) is 23.1 Å². The van der Waals surface area contributed by atoms with Gasteiger partial charge in [0.2, 0.25) is 10.0 Å². The minimum Gasteiger partial charge on any atom is -0.496 e. The molecule has 0 aromatic heterocycles. The third kappa shape index (κ3) is 3.26. The van der Waals surface area contributed by atoms with Crippen molar-refractivity contribution in [2.45, 2.75) is 43.2 Å². The van der Waals surface area contributed by atoms with E-state index in [2.05, 4.69) is 4.72 Å². The molecule has 0 saturated heterocycles. The molecule has 1 fully saturated rings. The lowest BCUT2D eigenvalue weighted by Gasteiger charge is -2.14. The Morgan fingerprint density at radius 3 is 2.63 bits per heavy atom. The van der Waals surface area contributed by atoms with Crippen molar-refractivity contribution in [2.75, 3.05) is 7.11 Å². The van der Waals surface area contributed by atoms with Gasteiger partial charge < -0.3 is 9.84 Å². The molecule has 0 atom stereocenters. The van der Waals surface area contributed by atoms with Crippen LogP contribution in [0.25, 0.3) is 0 Å². The Morgan fingerprint density at radius 1 is 1.37 bits per heavy atom. The number of benzene rings is 1. The molecule has 1 aromatic carbocycles.